The average molecular weight is 314 g/mol. The van der Waals surface area contributed by atoms with Gasteiger partial charge in [0.2, 0.25) is 0 Å². The Morgan fingerprint density at radius 3 is 2.39 bits per heavy atom. The molecule has 1 atom stereocenters. The standard InChI is InChI=1S/C18H22N2O3/c1-12-6-5-7-13(2)17(12)20-18(23)15-8-3-4-9-16(15)19-10-14(22)11-21/h3-9,14,19,21-22H,10-11H2,1-2H3,(H,20,23). The molecule has 0 saturated carbocycles. The smallest absolute Gasteiger partial charge is 0.257 e. The number of hydrogen-bond acceptors (Lipinski definition) is 4. The van der Waals surface area contributed by atoms with E-state index in [4.69, 9.17) is 5.11 Å². The van der Waals surface area contributed by atoms with Gasteiger partial charge in [0, 0.05) is 17.9 Å². The molecule has 2 aromatic rings. The molecule has 0 spiro atoms. The monoisotopic (exact) mass is 314 g/mol. The van der Waals surface area contributed by atoms with E-state index in [0.717, 1.165) is 16.8 Å². The van der Waals surface area contributed by atoms with Gasteiger partial charge in [0.25, 0.3) is 5.91 Å². The van der Waals surface area contributed by atoms with Gasteiger partial charge in [0.15, 0.2) is 0 Å². The van der Waals surface area contributed by atoms with E-state index in [1.165, 1.54) is 0 Å². The normalized spacial score (nSPS) is 11.8. The van der Waals surface area contributed by atoms with Crippen molar-refractivity contribution in [2.75, 3.05) is 23.8 Å². The maximum atomic E-state index is 12.6. The first kappa shape index (κ1) is 17.0. The summed E-state index contributed by atoms with van der Waals surface area (Å²) in [6.07, 6.45) is -0.871. The lowest BCUT2D eigenvalue weighted by molar-refractivity contribution is 0.102. The first-order valence-corrected chi connectivity index (χ1v) is 7.52. The number of aliphatic hydroxyl groups is 2. The van der Waals surface area contributed by atoms with Crippen LogP contribution in [0.4, 0.5) is 11.4 Å². The summed E-state index contributed by atoms with van der Waals surface area (Å²) < 4.78 is 0. The molecular weight excluding hydrogens is 292 g/mol. The third kappa shape index (κ3) is 4.31. The molecule has 0 aliphatic rings. The third-order valence-electron chi connectivity index (χ3n) is 3.63. The predicted molar refractivity (Wildman–Crippen MR) is 91.9 cm³/mol. The zero-order chi connectivity index (χ0) is 16.8. The van der Waals surface area contributed by atoms with Gasteiger partial charge in [-0.1, -0.05) is 30.3 Å². The molecule has 0 heterocycles. The Bertz CT molecular complexity index is 665. The number of anilines is 2. The van der Waals surface area contributed by atoms with E-state index < -0.39 is 6.10 Å². The number of aliphatic hydroxyl groups excluding tert-OH is 2. The van der Waals surface area contributed by atoms with E-state index in [2.05, 4.69) is 10.6 Å². The summed E-state index contributed by atoms with van der Waals surface area (Å²) in [5, 5.41) is 24.3. The van der Waals surface area contributed by atoms with E-state index >= 15 is 0 Å². The summed E-state index contributed by atoms with van der Waals surface area (Å²) in [5.74, 6) is -0.219. The van der Waals surface area contributed by atoms with Crippen molar-refractivity contribution in [2.45, 2.75) is 20.0 Å². The van der Waals surface area contributed by atoms with Gasteiger partial charge in [-0.15, -0.1) is 0 Å². The molecule has 1 unspecified atom stereocenters. The highest BCUT2D eigenvalue weighted by Gasteiger charge is 2.14. The van der Waals surface area contributed by atoms with Gasteiger partial charge in [-0.25, -0.2) is 0 Å². The molecule has 23 heavy (non-hydrogen) atoms. The Hall–Kier alpha value is -2.37. The molecule has 0 saturated heterocycles. The maximum absolute atomic E-state index is 12.6. The van der Waals surface area contributed by atoms with Crippen LogP contribution in [0.1, 0.15) is 21.5 Å². The number of nitrogens with one attached hydrogen (secondary N) is 2. The van der Waals surface area contributed by atoms with Gasteiger partial charge >= 0.3 is 0 Å². The number of carbonyl (C=O) groups excluding carboxylic acids is 1. The van der Waals surface area contributed by atoms with Crippen molar-refractivity contribution in [3.8, 4) is 0 Å². The molecule has 5 heteroatoms. The van der Waals surface area contributed by atoms with Crippen molar-refractivity contribution in [1.82, 2.24) is 0 Å². The van der Waals surface area contributed by atoms with Gasteiger partial charge in [-0.3, -0.25) is 4.79 Å². The van der Waals surface area contributed by atoms with Crippen LogP contribution in [0.5, 0.6) is 0 Å². The van der Waals surface area contributed by atoms with Crippen LogP contribution in [0.3, 0.4) is 0 Å². The van der Waals surface area contributed by atoms with Crippen molar-refractivity contribution >= 4 is 17.3 Å². The molecule has 0 radical (unpaired) electrons. The summed E-state index contributed by atoms with van der Waals surface area (Å²) in [4.78, 5) is 12.6. The third-order valence-corrected chi connectivity index (χ3v) is 3.63. The molecule has 4 N–H and O–H groups in total. The minimum atomic E-state index is -0.871. The van der Waals surface area contributed by atoms with E-state index in [-0.39, 0.29) is 19.1 Å². The summed E-state index contributed by atoms with van der Waals surface area (Å²) in [6, 6.07) is 12.9. The zero-order valence-electron chi connectivity index (χ0n) is 13.3. The topological polar surface area (TPSA) is 81.6 Å². The Morgan fingerprint density at radius 2 is 1.74 bits per heavy atom. The summed E-state index contributed by atoms with van der Waals surface area (Å²) in [7, 11) is 0. The molecule has 1 amide bonds. The molecule has 122 valence electrons. The molecule has 2 aromatic carbocycles. The van der Waals surface area contributed by atoms with Crippen LogP contribution in [-0.4, -0.2) is 35.4 Å². The van der Waals surface area contributed by atoms with Crippen LogP contribution in [0.25, 0.3) is 0 Å². The largest absolute Gasteiger partial charge is 0.394 e. The van der Waals surface area contributed by atoms with Gasteiger partial charge in [0.1, 0.15) is 0 Å². The lowest BCUT2D eigenvalue weighted by Crippen LogP contribution is -2.24. The summed E-state index contributed by atoms with van der Waals surface area (Å²) in [6.45, 7) is 3.74. The number of aryl methyl sites for hydroxylation is 2. The molecular formula is C18H22N2O3. The van der Waals surface area contributed by atoms with Gasteiger partial charge in [-0.2, -0.15) is 0 Å². The first-order chi connectivity index (χ1) is 11.0. The quantitative estimate of drug-likeness (QED) is 0.659. The minimum absolute atomic E-state index is 0.171. The lowest BCUT2D eigenvalue weighted by Gasteiger charge is -2.16. The Balaban J connectivity index is 2.19. The number of rotatable bonds is 6. The fraction of sp³-hybridized carbons (Fsp3) is 0.278. The number of benzene rings is 2. The second-order valence-corrected chi connectivity index (χ2v) is 5.48. The molecule has 5 nitrogen and oxygen atoms in total. The van der Waals surface area contributed by atoms with Crippen LogP contribution in [0, 0.1) is 13.8 Å². The number of para-hydroxylation sites is 2. The number of hydrogen-bond donors (Lipinski definition) is 4. The SMILES string of the molecule is Cc1cccc(C)c1NC(=O)c1ccccc1NCC(O)CO. The van der Waals surface area contributed by atoms with Crippen LogP contribution in [0.2, 0.25) is 0 Å². The number of amides is 1. The zero-order valence-corrected chi connectivity index (χ0v) is 13.3. The summed E-state index contributed by atoms with van der Waals surface area (Å²) in [5.41, 5.74) is 3.91. The van der Waals surface area contributed by atoms with Crippen molar-refractivity contribution in [3.63, 3.8) is 0 Å². The highest BCUT2D eigenvalue weighted by atomic mass is 16.3. The van der Waals surface area contributed by atoms with Crippen LogP contribution in [-0.2, 0) is 0 Å². The minimum Gasteiger partial charge on any atom is -0.394 e. The van der Waals surface area contributed by atoms with E-state index in [9.17, 15) is 9.90 Å². The van der Waals surface area contributed by atoms with Gasteiger partial charge < -0.3 is 20.8 Å². The second kappa shape index (κ2) is 7.76. The average Bonchev–Trinajstić information content (AvgIpc) is 2.56. The van der Waals surface area contributed by atoms with E-state index in [1.807, 2.05) is 38.1 Å². The van der Waals surface area contributed by atoms with E-state index in [1.54, 1.807) is 18.2 Å². The Labute approximate surface area is 136 Å². The lowest BCUT2D eigenvalue weighted by atomic mass is 10.1. The van der Waals surface area contributed by atoms with Crippen LogP contribution < -0.4 is 10.6 Å². The van der Waals surface area contributed by atoms with Crippen molar-refractivity contribution < 1.29 is 15.0 Å². The molecule has 0 aliphatic carbocycles. The number of carbonyl (C=O) groups is 1. The van der Waals surface area contributed by atoms with Crippen molar-refractivity contribution in [3.05, 3.63) is 59.2 Å². The molecule has 2 rings (SSSR count). The Kier molecular flexibility index (Phi) is 5.73. The van der Waals surface area contributed by atoms with Crippen molar-refractivity contribution in [2.24, 2.45) is 0 Å². The molecule has 0 fully saturated rings. The van der Waals surface area contributed by atoms with Gasteiger partial charge in [0.05, 0.1) is 18.3 Å². The predicted octanol–water partition coefficient (Wildman–Crippen LogP) is 2.32. The highest BCUT2D eigenvalue weighted by molar-refractivity contribution is 6.08. The van der Waals surface area contributed by atoms with Crippen LogP contribution >= 0.6 is 0 Å². The molecule has 0 aliphatic heterocycles. The maximum Gasteiger partial charge on any atom is 0.257 e. The van der Waals surface area contributed by atoms with Crippen LogP contribution in [0.15, 0.2) is 42.5 Å². The highest BCUT2D eigenvalue weighted by Crippen LogP contribution is 2.22. The second-order valence-electron chi connectivity index (χ2n) is 5.48. The summed E-state index contributed by atoms with van der Waals surface area (Å²) >= 11 is 0. The first-order valence-electron chi connectivity index (χ1n) is 7.52. The fourth-order valence-corrected chi connectivity index (χ4v) is 2.32. The molecule has 0 bridgehead atoms. The Morgan fingerprint density at radius 1 is 1.09 bits per heavy atom. The van der Waals surface area contributed by atoms with Gasteiger partial charge in [-0.05, 0) is 37.1 Å². The fourth-order valence-electron chi connectivity index (χ4n) is 2.32. The molecule has 0 aromatic heterocycles. The van der Waals surface area contributed by atoms with Crippen molar-refractivity contribution in [1.29, 1.82) is 0 Å². The van der Waals surface area contributed by atoms with E-state index in [0.29, 0.717) is 11.3 Å².